The van der Waals surface area contributed by atoms with Crippen molar-refractivity contribution in [3.8, 4) is 28.7 Å². The Hall–Kier alpha value is -7.64. The van der Waals surface area contributed by atoms with Gasteiger partial charge in [-0.2, -0.15) is 0 Å². The van der Waals surface area contributed by atoms with Crippen molar-refractivity contribution in [2.75, 3.05) is 51.3 Å². The smallest absolute Gasteiger partial charge is 0.416 e. The second-order valence-electron chi connectivity index (χ2n) is 19.5. The molecule has 0 aromatic heterocycles. The third-order valence-corrected chi connectivity index (χ3v) is 14.2. The Morgan fingerprint density at radius 3 is 2.15 bits per heavy atom. The molecule has 1 saturated heterocycles. The third-order valence-electron chi connectivity index (χ3n) is 14.2. The minimum absolute atomic E-state index is 0.0974. The van der Waals surface area contributed by atoms with Gasteiger partial charge in [0.15, 0.2) is 29.2 Å². The number of aliphatic imine (C=N–C) groups is 1. The van der Waals surface area contributed by atoms with Crippen molar-refractivity contribution in [1.29, 1.82) is 0 Å². The van der Waals surface area contributed by atoms with E-state index in [4.69, 9.17) is 39.1 Å². The topological polar surface area (TPSA) is 233 Å². The maximum atomic E-state index is 14.3. The molecule has 0 bridgehead atoms. The minimum Gasteiger partial charge on any atom is -0.497 e. The highest BCUT2D eigenvalue weighted by Crippen LogP contribution is 2.57. The molecule has 73 heavy (non-hydrogen) atoms. The number of anilines is 2. The number of benzene rings is 4. The van der Waals surface area contributed by atoms with Crippen molar-refractivity contribution < 1.29 is 57.5 Å². The van der Waals surface area contributed by atoms with Crippen molar-refractivity contribution in [1.82, 2.24) is 15.1 Å². The first-order chi connectivity index (χ1) is 35.1. The molecular weight excluding hydrogens is 939 g/mol. The molecule has 5 aliphatic rings. The molecule has 4 heterocycles. The van der Waals surface area contributed by atoms with Crippen LogP contribution in [0.3, 0.4) is 0 Å². The number of carbonyl (C=O) groups excluding carboxylic acids is 5. The number of nitrogens with one attached hydrogen (secondary N) is 2. The van der Waals surface area contributed by atoms with E-state index in [1.807, 2.05) is 44.3 Å². The van der Waals surface area contributed by atoms with Crippen LogP contribution in [0.5, 0.6) is 28.7 Å². The van der Waals surface area contributed by atoms with Crippen molar-refractivity contribution >= 4 is 58.6 Å². The highest BCUT2D eigenvalue weighted by Gasteiger charge is 2.58. The van der Waals surface area contributed by atoms with Gasteiger partial charge in [-0.05, 0) is 90.6 Å². The van der Waals surface area contributed by atoms with Gasteiger partial charge < -0.3 is 59.7 Å². The predicted octanol–water partition coefficient (Wildman–Crippen LogP) is 6.43. The second kappa shape index (κ2) is 20.8. The number of nitrogens with zero attached hydrogens (tertiary/aromatic N) is 4. The lowest BCUT2D eigenvalue weighted by Gasteiger charge is -2.31. The van der Waals surface area contributed by atoms with Crippen LogP contribution in [0, 0.1) is 11.3 Å². The molecule has 9 rings (SSSR count). The van der Waals surface area contributed by atoms with Crippen LogP contribution < -0.4 is 45.0 Å². The highest BCUT2D eigenvalue weighted by molar-refractivity contribution is 6.07. The standard InChI is InChI=1S/C54H61N7O12/c1-30(2)47(55)49(63)57-31(3)48(62)58-35-12-8-32(9-13-35)28-73-53(67)61-41-24-46(44(70-6)22-39(41)51(65)60-29-54(16-17-54)25-42(60)52(61)66)72-19-7-18-71-45-23-40-38(21-43(45)69-5)50(64)59-27-34(20-36(59)26-56-40)33-10-14-37(68-4)15-11-33/h8-15,21-24,26-27,30-31,36,42,47,52,66H,7,16-20,25,28-29,55H2,1-6H3,(H,57,63)(H,58,62)/t31-,36-,42-,47-,52?/m0/s1. The number of aliphatic hydroxyl groups is 1. The van der Waals surface area contributed by atoms with E-state index in [1.165, 1.54) is 26.4 Å². The molecule has 19 nitrogen and oxygen atoms in total. The fraction of sp³-hybridized carbons (Fsp3) is 0.407. The SMILES string of the molecule is COc1ccc(C2=CN3C(=O)c4cc(OC)c(OCCCOc5cc6c(cc5OC)C(=O)N5CC7(CC7)C[C@H]5C(O)N6C(=O)OCc5ccc(NC(=O)[C@H](C)NC(=O)[C@@H](N)C(C)C)cc5)cc4N=C[C@@H]3C2)cc1. The number of hydrogen-bond acceptors (Lipinski definition) is 14. The van der Waals surface area contributed by atoms with Gasteiger partial charge in [0.1, 0.15) is 18.4 Å². The molecule has 0 radical (unpaired) electrons. The second-order valence-corrected chi connectivity index (χ2v) is 19.5. The molecule has 5 atom stereocenters. The summed E-state index contributed by atoms with van der Waals surface area (Å²) in [5.41, 5.74) is 9.93. The van der Waals surface area contributed by atoms with Crippen molar-refractivity contribution in [3.05, 3.63) is 101 Å². The van der Waals surface area contributed by atoms with E-state index in [9.17, 15) is 29.1 Å². The van der Waals surface area contributed by atoms with Crippen LogP contribution in [0.15, 0.2) is 84.0 Å². The molecule has 5 N–H and O–H groups in total. The van der Waals surface area contributed by atoms with Gasteiger partial charge in [0, 0.05) is 49.6 Å². The summed E-state index contributed by atoms with van der Waals surface area (Å²) in [6.45, 7) is 5.75. The Balaban J connectivity index is 0.859. The summed E-state index contributed by atoms with van der Waals surface area (Å²) in [5.74, 6) is 0.449. The molecule has 1 unspecified atom stereocenters. The Kier molecular flexibility index (Phi) is 14.4. The monoisotopic (exact) mass is 999 g/mol. The molecule has 384 valence electrons. The summed E-state index contributed by atoms with van der Waals surface area (Å²) in [6.07, 6.45) is 4.65. The van der Waals surface area contributed by atoms with Crippen LogP contribution >= 0.6 is 0 Å². The van der Waals surface area contributed by atoms with Crippen LogP contribution in [-0.4, -0.2) is 122 Å². The molecule has 4 aliphatic heterocycles. The zero-order valence-corrected chi connectivity index (χ0v) is 41.7. The summed E-state index contributed by atoms with van der Waals surface area (Å²) in [5, 5.41) is 17.4. The van der Waals surface area contributed by atoms with E-state index in [0.717, 1.165) is 34.6 Å². The Morgan fingerprint density at radius 2 is 1.51 bits per heavy atom. The molecule has 5 amide bonds. The summed E-state index contributed by atoms with van der Waals surface area (Å²) in [7, 11) is 4.57. The fourth-order valence-electron chi connectivity index (χ4n) is 9.62. The minimum atomic E-state index is -1.44. The Labute approximate surface area is 423 Å². The summed E-state index contributed by atoms with van der Waals surface area (Å²) in [4.78, 5) is 76.9. The van der Waals surface area contributed by atoms with Crippen LogP contribution in [-0.2, 0) is 20.9 Å². The van der Waals surface area contributed by atoms with Crippen LogP contribution in [0.4, 0.5) is 21.9 Å². The number of rotatable bonds is 17. The molecule has 1 aliphatic carbocycles. The largest absolute Gasteiger partial charge is 0.497 e. The highest BCUT2D eigenvalue weighted by atomic mass is 16.6. The predicted molar refractivity (Wildman–Crippen MR) is 271 cm³/mol. The van der Waals surface area contributed by atoms with Gasteiger partial charge in [0.2, 0.25) is 11.8 Å². The number of hydrogen-bond donors (Lipinski definition) is 4. The number of fused-ring (bicyclic) bond motifs is 4. The van der Waals surface area contributed by atoms with Crippen molar-refractivity contribution in [2.24, 2.45) is 22.1 Å². The van der Waals surface area contributed by atoms with Gasteiger partial charge >= 0.3 is 6.09 Å². The number of nitrogens with two attached hydrogens (primary N) is 1. The first-order valence-corrected chi connectivity index (χ1v) is 24.4. The van der Waals surface area contributed by atoms with Crippen molar-refractivity contribution in [3.63, 3.8) is 0 Å². The summed E-state index contributed by atoms with van der Waals surface area (Å²) in [6, 6.07) is 18.2. The zero-order chi connectivity index (χ0) is 51.7. The summed E-state index contributed by atoms with van der Waals surface area (Å²) >= 11 is 0. The zero-order valence-electron chi connectivity index (χ0n) is 41.7. The lowest BCUT2D eigenvalue weighted by atomic mass is 10.0. The number of aliphatic hydroxyl groups excluding tert-OH is 1. The molecule has 1 spiro atoms. The molecule has 4 aromatic rings. The first kappa shape index (κ1) is 50.3. The van der Waals surface area contributed by atoms with Crippen LogP contribution in [0.25, 0.3) is 5.57 Å². The maximum Gasteiger partial charge on any atom is 0.416 e. The number of ether oxygens (including phenoxy) is 6. The van der Waals surface area contributed by atoms with Gasteiger partial charge in [-0.3, -0.25) is 24.2 Å². The van der Waals surface area contributed by atoms with E-state index in [2.05, 4.69) is 10.6 Å². The van der Waals surface area contributed by atoms with E-state index < -0.39 is 42.3 Å². The van der Waals surface area contributed by atoms with E-state index in [-0.39, 0.29) is 71.8 Å². The molecule has 19 heteroatoms. The summed E-state index contributed by atoms with van der Waals surface area (Å²) < 4.78 is 34.9. The normalized spacial score (nSPS) is 19.9. The van der Waals surface area contributed by atoms with Gasteiger partial charge in [0.25, 0.3) is 11.8 Å². The van der Waals surface area contributed by atoms with Crippen LogP contribution in [0.1, 0.15) is 84.7 Å². The van der Waals surface area contributed by atoms with Gasteiger partial charge in [-0.25, -0.2) is 9.69 Å². The number of amides is 5. The number of carbonyl (C=O) groups is 5. The lowest BCUT2D eigenvalue weighted by molar-refractivity contribution is -0.127. The van der Waals surface area contributed by atoms with E-state index >= 15 is 0 Å². The third kappa shape index (κ3) is 10.4. The van der Waals surface area contributed by atoms with E-state index in [1.54, 1.807) is 66.4 Å². The Bertz CT molecular complexity index is 2850. The van der Waals surface area contributed by atoms with Gasteiger partial charge in [-0.15, -0.1) is 0 Å². The average Bonchev–Trinajstić information content (AvgIpc) is 3.90. The molecule has 1 saturated carbocycles. The lowest BCUT2D eigenvalue weighted by Crippen LogP contribution is -2.50. The van der Waals surface area contributed by atoms with Gasteiger partial charge in [0.05, 0.1) is 75.2 Å². The first-order valence-electron chi connectivity index (χ1n) is 24.4. The van der Waals surface area contributed by atoms with Gasteiger partial charge in [-0.1, -0.05) is 38.1 Å². The molecular formula is C54H61N7O12. The Morgan fingerprint density at radius 1 is 0.836 bits per heavy atom. The molecule has 4 aromatic carbocycles. The fourth-order valence-corrected chi connectivity index (χ4v) is 9.62. The van der Waals surface area contributed by atoms with Crippen molar-refractivity contribution in [2.45, 2.75) is 89.9 Å². The number of methoxy groups -OCH3 is 3. The van der Waals surface area contributed by atoms with E-state index in [0.29, 0.717) is 59.8 Å². The molecule has 2 fully saturated rings. The average molecular weight is 1000 g/mol. The maximum absolute atomic E-state index is 14.3. The quantitative estimate of drug-likeness (QED) is 0.0837. The van der Waals surface area contributed by atoms with Crippen LogP contribution in [0.2, 0.25) is 0 Å².